The first-order valence-electron chi connectivity index (χ1n) is 8.33. The second-order valence-corrected chi connectivity index (χ2v) is 6.33. The van der Waals surface area contributed by atoms with Gasteiger partial charge in [-0.25, -0.2) is 0 Å². The van der Waals surface area contributed by atoms with Gasteiger partial charge in [-0.2, -0.15) is 0 Å². The Hall–Kier alpha value is -3.44. The van der Waals surface area contributed by atoms with Gasteiger partial charge in [0.05, 0.1) is 11.2 Å². The number of halogens is 1. The molecule has 2 N–H and O–H groups in total. The highest BCUT2D eigenvalue weighted by atomic mass is 35.5. The molecule has 4 rings (SSSR count). The van der Waals surface area contributed by atoms with Crippen LogP contribution in [0.5, 0.6) is 0 Å². The fourth-order valence-corrected chi connectivity index (χ4v) is 2.85. The highest BCUT2D eigenvalue weighted by Gasteiger charge is 2.11. The average molecular weight is 375 g/mol. The zero-order valence-electron chi connectivity index (χ0n) is 14.2. The molecule has 2 heterocycles. The van der Waals surface area contributed by atoms with Crippen molar-refractivity contribution < 1.29 is 4.79 Å². The van der Waals surface area contributed by atoms with Crippen LogP contribution in [-0.2, 0) is 0 Å². The summed E-state index contributed by atoms with van der Waals surface area (Å²) in [6.07, 6.45) is 3.29. The maximum absolute atomic E-state index is 12.7. The van der Waals surface area contributed by atoms with Crippen LogP contribution in [0.3, 0.4) is 0 Å². The number of carbonyl (C=O) groups is 1. The Kier molecular flexibility index (Phi) is 4.68. The van der Waals surface area contributed by atoms with Crippen LogP contribution in [0.25, 0.3) is 10.9 Å². The number of hydrogen-bond acceptors (Lipinski definition) is 4. The smallest absolute Gasteiger partial charge is 0.274 e. The molecule has 2 aromatic carbocycles. The minimum atomic E-state index is -0.298. The SMILES string of the molecule is O=C(Nc1cccc2cccnc12)c1cc(Nc2ccc(Cl)cc2)ccn1. The van der Waals surface area contributed by atoms with Crippen molar-refractivity contribution in [3.8, 4) is 0 Å². The Morgan fingerprint density at radius 1 is 0.852 bits per heavy atom. The maximum Gasteiger partial charge on any atom is 0.274 e. The van der Waals surface area contributed by atoms with Gasteiger partial charge in [-0.05, 0) is 48.5 Å². The third kappa shape index (κ3) is 3.88. The molecule has 0 fully saturated rings. The number of pyridine rings is 2. The molecule has 0 atom stereocenters. The van der Waals surface area contributed by atoms with Crippen molar-refractivity contribution in [2.45, 2.75) is 0 Å². The van der Waals surface area contributed by atoms with E-state index in [1.165, 1.54) is 0 Å². The average Bonchev–Trinajstić information content (AvgIpc) is 2.70. The number of hydrogen-bond donors (Lipinski definition) is 2. The molecule has 1 amide bonds. The molecule has 0 saturated heterocycles. The minimum absolute atomic E-state index is 0.298. The van der Waals surface area contributed by atoms with Crippen LogP contribution >= 0.6 is 11.6 Å². The van der Waals surface area contributed by atoms with Crippen molar-refractivity contribution in [3.63, 3.8) is 0 Å². The van der Waals surface area contributed by atoms with Crippen LogP contribution in [0.4, 0.5) is 17.1 Å². The van der Waals surface area contributed by atoms with E-state index in [-0.39, 0.29) is 5.91 Å². The van der Waals surface area contributed by atoms with E-state index in [0.717, 1.165) is 22.3 Å². The molecule has 2 aromatic heterocycles. The molecule has 4 aromatic rings. The number of rotatable bonds is 4. The van der Waals surface area contributed by atoms with E-state index < -0.39 is 0 Å². The molecular formula is C21H15ClN4O. The molecule has 27 heavy (non-hydrogen) atoms. The van der Waals surface area contributed by atoms with Gasteiger partial charge in [-0.3, -0.25) is 14.8 Å². The van der Waals surface area contributed by atoms with E-state index in [9.17, 15) is 4.79 Å². The minimum Gasteiger partial charge on any atom is -0.355 e. The van der Waals surface area contributed by atoms with Gasteiger partial charge in [0.1, 0.15) is 5.69 Å². The van der Waals surface area contributed by atoms with Crippen LogP contribution in [0.2, 0.25) is 5.02 Å². The summed E-state index contributed by atoms with van der Waals surface area (Å²) < 4.78 is 0. The first-order chi connectivity index (χ1) is 13.2. The number of para-hydroxylation sites is 1. The number of amides is 1. The number of nitrogens with zero attached hydrogens (tertiary/aromatic N) is 2. The van der Waals surface area contributed by atoms with E-state index in [4.69, 9.17) is 11.6 Å². The summed E-state index contributed by atoms with van der Waals surface area (Å²) in [6.45, 7) is 0. The lowest BCUT2D eigenvalue weighted by Crippen LogP contribution is -2.14. The van der Waals surface area contributed by atoms with Crippen LogP contribution in [0.1, 0.15) is 10.5 Å². The van der Waals surface area contributed by atoms with E-state index in [1.807, 2.05) is 42.5 Å². The molecule has 132 valence electrons. The first kappa shape index (κ1) is 17.0. The summed E-state index contributed by atoms with van der Waals surface area (Å²) in [4.78, 5) is 21.2. The molecule has 0 aliphatic heterocycles. The summed E-state index contributed by atoms with van der Waals surface area (Å²) in [6, 6.07) is 20.3. The summed E-state index contributed by atoms with van der Waals surface area (Å²) in [5, 5.41) is 7.74. The number of nitrogens with one attached hydrogen (secondary N) is 2. The lowest BCUT2D eigenvalue weighted by Gasteiger charge is -2.10. The molecule has 6 heteroatoms. The van der Waals surface area contributed by atoms with Crippen LogP contribution in [0, 0.1) is 0 Å². The Morgan fingerprint density at radius 2 is 1.67 bits per heavy atom. The second kappa shape index (κ2) is 7.43. The van der Waals surface area contributed by atoms with Crippen molar-refractivity contribution >= 4 is 45.5 Å². The van der Waals surface area contributed by atoms with Gasteiger partial charge >= 0.3 is 0 Å². The van der Waals surface area contributed by atoms with Crippen molar-refractivity contribution in [1.29, 1.82) is 0 Å². The van der Waals surface area contributed by atoms with Crippen molar-refractivity contribution in [1.82, 2.24) is 9.97 Å². The fraction of sp³-hybridized carbons (Fsp3) is 0. The standard InChI is InChI=1S/C21H15ClN4O/c22-15-6-8-16(9-7-15)25-17-10-12-23-19(13-17)21(27)26-18-5-1-3-14-4-2-11-24-20(14)18/h1-13H,(H,23,25)(H,26,27). The van der Waals surface area contributed by atoms with Gasteiger partial charge in [0.15, 0.2) is 0 Å². The zero-order valence-corrected chi connectivity index (χ0v) is 14.9. The van der Waals surface area contributed by atoms with Gasteiger partial charge < -0.3 is 10.6 Å². The van der Waals surface area contributed by atoms with Gasteiger partial charge in [0.25, 0.3) is 5.91 Å². The Labute approximate surface area is 161 Å². The number of fused-ring (bicyclic) bond motifs is 1. The van der Waals surface area contributed by atoms with Crippen LogP contribution in [0.15, 0.2) is 79.1 Å². The summed E-state index contributed by atoms with van der Waals surface area (Å²) in [5.74, 6) is -0.298. The van der Waals surface area contributed by atoms with E-state index >= 15 is 0 Å². The van der Waals surface area contributed by atoms with Gasteiger partial charge in [0, 0.05) is 34.2 Å². The fourth-order valence-electron chi connectivity index (χ4n) is 2.72. The molecule has 0 radical (unpaired) electrons. The number of anilines is 3. The number of carbonyl (C=O) groups excluding carboxylic acids is 1. The van der Waals surface area contributed by atoms with Gasteiger partial charge in [0.2, 0.25) is 0 Å². The molecule has 5 nitrogen and oxygen atoms in total. The summed E-state index contributed by atoms with van der Waals surface area (Å²) >= 11 is 5.90. The zero-order chi connectivity index (χ0) is 18.6. The second-order valence-electron chi connectivity index (χ2n) is 5.90. The predicted molar refractivity (Wildman–Crippen MR) is 109 cm³/mol. The van der Waals surface area contributed by atoms with Crippen molar-refractivity contribution in [2.24, 2.45) is 0 Å². The van der Waals surface area contributed by atoms with E-state index in [2.05, 4.69) is 20.6 Å². The summed E-state index contributed by atoms with van der Waals surface area (Å²) in [5.41, 5.74) is 3.32. The Bertz CT molecular complexity index is 1110. The van der Waals surface area contributed by atoms with Crippen molar-refractivity contribution in [2.75, 3.05) is 10.6 Å². The van der Waals surface area contributed by atoms with Crippen LogP contribution in [-0.4, -0.2) is 15.9 Å². The number of benzene rings is 2. The Balaban J connectivity index is 1.56. The molecule has 0 aliphatic carbocycles. The molecule has 0 saturated carbocycles. The van der Waals surface area contributed by atoms with Crippen molar-refractivity contribution in [3.05, 3.63) is 89.8 Å². The summed E-state index contributed by atoms with van der Waals surface area (Å²) in [7, 11) is 0. The highest BCUT2D eigenvalue weighted by molar-refractivity contribution is 6.30. The van der Waals surface area contributed by atoms with Gasteiger partial charge in [-0.15, -0.1) is 0 Å². The van der Waals surface area contributed by atoms with E-state index in [1.54, 1.807) is 36.7 Å². The molecule has 0 aliphatic rings. The molecule has 0 spiro atoms. The van der Waals surface area contributed by atoms with Crippen LogP contribution < -0.4 is 10.6 Å². The predicted octanol–water partition coefficient (Wildman–Crippen LogP) is 5.28. The molecule has 0 unspecified atom stereocenters. The number of aromatic nitrogens is 2. The largest absolute Gasteiger partial charge is 0.355 e. The monoisotopic (exact) mass is 374 g/mol. The van der Waals surface area contributed by atoms with Gasteiger partial charge in [-0.1, -0.05) is 29.8 Å². The lowest BCUT2D eigenvalue weighted by molar-refractivity contribution is 0.102. The quantitative estimate of drug-likeness (QED) is 0.510. The third-order valence-electron chi connectivity index (χ3n) is 4.01. The topological polar surface area (TPSA) is 66.9 Å². The lowest BCUT2D eigenvalue weighted by atomic mass is 10.2. The van der Waals surface area contributed by atoms with E-state index in [0.29, 0.717) is 16.4 Å². The maximum atomic E-state index is 12.7. The first-order valence-corrected chi connectivity index (χ1v) is 8.70. The highest BCUT2D eigenvalue weighted by Crippen LogP contribution is 2.22. The molecule has 0 bridgehead atoms. The Morgan fingerprint density at radius 3 is 2.52 bits per heavy atom. The normalized spacial score (nSPS) is 10.6. The molecular weight excluding hydrogens is 360 g/mol. The third-order valence-corrected chi connectivity index (χ3v) is 4.26.